The van der Waals surface area contributed by atoms with Gasteiger partial charge >= 0.3 is 5.97 Å². The molecule has 4 heterocycles. The van der Waals surface area contributed by atoms with E-state index in [9.17, 15) is 19.8 Å². The van der Waals surface area contributed by atoms with E-state index < -0.39 is 18.0 Å². The molecule has 4 atom stereocenters. The second kappa shape index (κ2) is 6.82. The molecule has 9 heteroatoms. The number of imidazole rings is 1. The van der Waals surface area contributed by atoms with Crippen LogP contribution in [0, 0.1) is 11.8 Å². The highest BCUT2D eigenvalue weighted by molar-refractivity contribution is 8.03. The minimum Gasteiger partial charge on any atom is -0.477 e. The van der Waals surface area contributed by atoms with Crippen LogP contribution in [0.4, 0.5) is 5.69 Å². The smallest absolute Gasteiger partial charge is 0.353 e. The van der Waals surface area contributed by atoms with E-state index in [-0.39, 0.29) is 23.6 Å². The van der Waals surface area contributed by atoms with Gasteiger partial charge in [0, 0.05) is 35.2 Å². The van der Waals surface area contributed by atoms with Gasteiger partial charge in [0.2, 0.25) is 5.91 Å². The van der Waals surface area contributed by atoms with Crippen molar-refractivity contribution in [2.45, 2.75) is 32.4 Å². The van der Waals surface area contributed by atoms with Crippen molar-refractivity contribution in [1.29, 1.82) is 0 Å². The first-order chi connectivity index (χ1) is 13.3. The van der Waals surface area contributed by atoms with Gasteiger partial charge in [0.15, 0.2) is 5.65 Å². The number of aliphatic carboxylic acids is 1. The van der Waals surface area contributed by atoms with Gasteiger partial charge in [-0.25, -0.2) is 9.78 Å². The molecule has 1 amide bonds. The number of anilines is 1. The van der Waals surface area contributed by atoms with Crippen molar-refractivity contribution in [2.24, 2.45) is 11.8 Å². The predicted molar refractivity (Wildman–Crippen MR) is 105 cm³/mol. The molecule has 28 heavy (non-hydrogen) atoms. The largest absolute Gasteiger partial charge is 0.477 e. The molecule has 0 spiro atoms. The van der Waals surface area contributed by atoms with E-state index in [4.69, 9.17) is 5.73 Å². The lowest BCUT2D eigenvalue weighted by Crippen LogP contribution is -2.63. The molecule has 2 aromatic heterocycles. The summed E-state index contributed by atoms with van der Waals surface area (Å²) in [6.07, 6.45) is 5.28. The minimum absolute atomic E-state index is 0.0566. The average Bonchev–Trinajstić information content (AvgIpc) is 3.19. The molecule has 0 radical (unpaired) electrons. The second-order valence-corrected chi connectivity index (χ2v) is 8.42. The number of aryl methyl sites for hydroxylation is 1. The van der Waals surface area contributed by atoms with Gasteiger partial charge in [0.1, 0.15) is 5.70 Å². The highest BCUT2D eigenvalue weighted by Crippen LogP contribution is 2.50. The molecule has 2 aliphatic heterocycles. The summed E-state index contributed by atoms with van der Waals surface area (Å²) in [6.45, 7) is 3.50. The lowest BCUT2D eigenvalue weighted by atomic mass is 9.79. The van der Waals surface area contributed by atoms with E-state index in [0.717, 1.165) is 5.56 Å². The van der Waals surface area contributed by atoms with Crippen molar-refractivity contribution in [3.63, 3.8) is 0 Å². The van der Waals surface area contributed by atoms with Crippen LogP contribution >= 0.6 is 11.8 Å². The van der Waals surface area contributed by atoms with Gasteiger partial charge in [-0.05, 0) is 25.0 Å². The number of hydrogen-bond donors (Lipinski definition) is 3. The molecule has 4 rings (SSSR count). The maximum Gasteiger partial charge on any atom is 0.353 e. The number of β-lactam (4-membered cyclic amide) rings is 1. The molecule has 1 saturated heterocycles. The number of aromatic nitrogens is 2. The third kappa shape index (κ3) is 2.68. The Labute approximate surface area is 166 Å². The average molecular weight is 402 g/mol. The standard InChI is InChI=1S/C19H22N4O4S/c1-9-14-12(10(2)24)18(25)23(14)15(19(26)27)16(9)28-8-4-11-3-6-22-7-5-21-17(22)13(11)20/h3,5-7,9-10,12,14,24H,4,8,20H2,1-2H3,(H,26,27)/t9-,10-,12-,14-/m1/s1. The van der Waals surface area contributed by atoms with Gasteiger partial charge in [0.25, 0.3) is 0 Å². The fourth-order valence-electron chi connectivity index (χ4n) is 4.25. The number of nitrogens with zero attached hydrogens (tertiary/aromatic N) is 3. The van der Waals surface area contributed by atoms with Crippen LogP contribution in [0.2, 0.25) is 0 Å². The monoisotopic (exact) mass is 402 g/mol. The Morgan fingerprint density at radius 3 is 2.86 bits per heavy atom. The molecular formula is C19H22N4O4S. The highest BCUT2D eigenvalue weighted by atomic mass is 32.2. The van der Waals surface area contributed by atoms with E-state index in [1.807, 2.05) is 29.8 Å². The van der Waals surface area contributed by atoms with Crippen molar-refractivity contribution in [3.05, 3.63) is 40.8 Å². The molecule has 0 aromatic carbocycles. The third-order valence-electron chi connectivity index (χ3n) is 5.63. The quantitative estimate of drug-likeness (QED) is 0.624. The first-order valence-corrected chi connectivity index (χ1v) is 10.1. The Morgan fingerprint density at radius 1 is 1.43 bits per heavy atom. The summed E-state index contributed by atoms with van der Waals surface area (Å²) in [5.41, 5.74) is 8.54. The van der Waals surface area contributed by atoms with Crippen LogP contribution in [0.3, 0.4) is 0 Å². The van der Waals surface area contributed by atoms with E-state index in [0.29, 0.717) is 28.4 Å². The van der Waals surface area contributed by atoms with Crippen LogP contribution < -0.4 is 5.73 Å². The molecule has 1 fully saturated rings. The Kier molecular flexibility index (Phi) is 4.59. The number of carbonyl (C=O) groups is 2. The van der Waals surface area contributed by atoms with Gasteiger partial charge in [-0.2, -0.15) is 0 Å². The summed E-state index contributed by atoms with van der Waals surface area (Å²) in [6, 6.07) is 1.66. The minimum atomic E-state index is -1.10. The number of carboxylic acids is 1. The van der Waals surface area contributed by atoms with Crippen molar-refractivity contribution >= 4 is 35.0 Å². The first kappa shape index (κ1) is 18.8. The number of aliphatic hydroxyl groups excluding tert-OH is 1. The summed E-state index contributed by atoms with van der Waals surface area (Å²) in [5.74, 6) is -1.45. The van der Waals surface area contributed by atoms with Crippen molar-refractivity contribution in [2.75, 3.05) is 11.5 Å². The van der Waals surface area contributed by atoms with Crippen LogP contribution in [-0.4, -0.2) is 54.3 Å². The molecule has 0 bridgehead atoms. The number of nitrogens with two attached hydrogens (primary N) is 1. The van der Waals surface area contributed by atoms with Crippen molar-refractivity contribution in [3.8, 4) is 0 Å². The molecule has 0 aliphatic carbocycles. The number of rotatable bonds is 6. The van der Waals surface area contributed by atoms with Crippen molar-refractivity contribution < 1.29 is 19.8 Å². The summed E-state index contributed by atoms with van der Waals surface area (Å²) in [7, 11) is 0. The van der Waals surface area contributed by atoms with E-state index in [1.165, 1.54) is 16.7 Å². The van der Waals surface area contributed by atoms with Crippen LogP contribution in [0.5, 0.6) is 0 Å². The molecule has 2 aliphatic rings. The van der Waals surface area contributed by atoms with E-state index in [2.05, 4.69) is 4.98 Å². The Morgan fingerprint density at radius 2 is 2.18 bits per heavy atom. The van der Waals surface area contributed by atoms with Crippen LogP contribution in [-0.2, 0) is 16.0 Å². The third-order valence-corrected chi connectivity index (χ3v) is 6.92. The summed E-state index contributed by atoms with van der Waals surface area (Å²) in [4.78, 5) is 30.5. The van der Waals surface area contributed by atoms with Gasteiger partial charge in [0.05, 0.1) is 23.8 Å². The lowest BCUT2D eigenvalue weighted by molar-refractivity contribution is -0.163. The first-order valence-electron chi connectivity index (χ1n) is 9.14. The molecule has 0 saturated carbocycles. The van der Waals surface area contributed by atoms with Crippen molar-refractivity contribution in [1.82, 2.24) is 14.3 Å². The van der Waals surface area contributed by atoms with Gasteiger partial charge in [-0.1, -0.05) is 6.92 Å². The van der Waals surface area contributed by atoms with Crippen LogP contribution in [0.15, 0.2) is 35.3 Å². The number of carbonyl (C=O) groups excluding carboxylic acids is 1. The number of thioether (sulfide) groups is 1. The Hall–Kier alpha value is -2.52. The zero-order chi connectivity index (χ0) is 20.2. The Bertz CT molecular complexity index is 999. The topological polar surface area (TPSA) is 121 Å². The number of pyridine rings is 1. The lowest BCUT2D eigenvalue weighted by Gasteiger charge is -2.46. The van der Waals surface area contributed by atoms with Gasteiger partial charge in [-0.3, -0.25) is 4.79 Å². The second-order valence-electron chi connectivity index (χ2n) is 7.28. The number of aliphatic hydroxyl groups is 1. The van der Waals surface area contributed by atoms with Gasteiger partial charge in [-0.15, -0.1) is 11.8 Å². The number of fused-ring (bicyclic) bond motifs is 2. The highest BCUT2D eigenvalue weighted by Gasteiger charge is 2.59. The summed E-state index contributed by atoms with van der Waals surface area (Å²) in [5, 5.41) is 19.6. The van der Waals surface area contributed by atoms with E-state index in [1.54, 1.807) is 13.1 Å². The SMILES string of the molecule is C[C@@H](O)[C@H]1C(=O)N2C(C(=O)O)=C(SCCc3ccn4ccnc4c3N)[C@H](C)[C@H]12. The predicted octanol–water partition coefficient (Wildman–Crippen LogP) is 1.35. The summed E-state index contributed by atoms with van der Waals surface area (Å²) >= 11 is 1.44. The number of amides is 1. The maximum absolute atomic E-state index is 12.4. The fourth-order valence-corrected chi connectivity index (χ4v) is 5.52. The molecule has 148 valence electrons. The van der Waals surface area contributed by atoms with E-state index >= 15 is 0 Å². The molecule has 0 unspecified atom stereocenters. The normalized spacial score (nSPS) is 25.2. The molecule has 8 nitrogen and oxygen atoms in total. The molecular weight excluding hydrogens is 380 g/mol. The fraction of sp³-hybridized carbons (Fsp3) is 0.421. The zero-order valence-corrected chi connectivity index (χ0v) is 16.4. The van der Waals surface area contributed by atoms with Crippen LogP contribution in [0.1, 0.15) is 19.4 Å². The zero-order valence-electron chi connectivity index (χ0n) is 15.6. The number of hydrogen-bond acceptors (Lipinski definition) is 6. The number of nitrogen functional groups attached to an aromatic ring is 1. The summed E-state index contributed by atoms with van der Waals surface area (Å²) < 4.78 is 1.85. The maximum atomic E-state index is 12.4. The van der Waals surface area contributed by atoms with Gasteiger partial charge < -0.3 is 25.2 Å². The number of carboxylic acid groups (broad SMARTS) is 1. The van der Waals surface area contributed by atoms with Crippen LogP contribution in [0.25, 0.3) is 5.65 Å². The Balaban J connectivity index is 1.52. The molecule has 4 N–H and O–H groups in total. The molecule has 2 aromatic rings.